The zero-order chi connectivity index (χ0) is 13.4. The molecule has 1 unspecified atom stereocenters. The van der Waals surface area contributed by atoms with Crippen molar-refractivity contribution in [1.29, 1.82) is 0 Å². The van der Waals surface area contributed by atoms with Crippen molar-refractivity contribution in [2.75, 3.05) is 13.2 Å². The van der Waals surface area contributed by atoms with Crippen molar-refractivity contribution in [2.24, 2.45) is 0 Å². The minimum Gasteiger partial charge on any atom is -0.486 e. The van der Waals surface area contributed by atoms with E-state index >= 15 is 0 Å². The second kappa shape index (κ2) is 5.46. The van der Waals surface area contributed by atoms with Crippen LogP contribution in [0.2, 0.25) is 0 Å². The lowest BCUT2D eigenvalue weighted by atomic mass is 10.1. The summed E-state index contributed by atoms with van der Waals surface area (Å²) in [5.74, 6) is 1.67. The molecular formula is C14H12Br2O2S. The fourth-order valence-corrected chi connectivity index (χ4v) is 4.26. The highest BCUT2D eigenvalue weighted by Gasteiger charge is 2.18. The van der Waals surface area contributed by atoms with Gasteiger partial charge in [-0.2, -0.15) is 0 Å². The SMILES string of the molecule is Cc1cc(C(Br)c2ccc3c(c2)OCCO3)sc1Br. The van der Waals surface area contributed by atoms with Gasteiger partial charge in [0, 0.05) is 4.88 Å². The molecule has 2 nitrogen and oxygen atoms in total. The third kappa shape index (κ3) is 2.69. The minimum absolute atomic E-state index is 0.179. The Morgan fingerprint density at radius 3 is 2.58 bits per heavy atom. The Bertz CT molecular complexity index is 590. The van der Waals surface area contributed by atoms with Crippen LogP contribution in [0.5, 0.6) is 11.5 Å². The molecule has 0 saturated heterocycles. The Hall–Kier alpha value is -0.520. The van der Waals surface area contributed by atoms with Crippen molar-refractivity contribution in [3.8, 4) is 11.5 Å². The van der Waals surface area contributed by atoms with Gasteiger partial charge in [0.1, 0.15) is 13.2 Å². The van der Waals surface area contributed by atoms with E-state index in [-0.39, 0.29) is 4.83 Å². The number of thiophene rings is 1. The third-order valence-corrected chi connectivity index (χ3v) is 6.51. The lowest BCUT2D eigenvalue weighted by Gasteiger charge is -2.19. The van der Waals surface area contributed by atoms with Crippen LogP contribution in [0.15, 0.2) is 28.1 Å². The number of hydrogen-bond donors (Lipinski definition) is 0. The maximum absolute atomic E-state index is 5.63. The summed E-state index contributed by atoms with van der Waals surface area (Å²) < 4.78 is 12.4. The van der Waals surface area contributed by atoms with Crippen molar-refractivity contribution >= 4 is 43.2 Å². The number of benzene rings is 1. The largest absolute Gasteiger partial charge is 0.486 e. The smallest absolute Gasteiger partial charge is 0.161 e. The molecular weight excluding hydrogens is 392 g/mol. The van der Waals surface area contributed by atoms with Gasteiger partial charge in [-0.1, -0.05) is 22.0 Å². The minimum atomic E-state index is 0.179. The highest BCUT2D eigenvalue weighted by atomic mass is 79.9. The lowest BCUT2D eigenvalue weighted by molar-refractivity contribution is 0.171. The summed E-state index contributed by atoms with van der Waals surface area (Å²) in [4.78, 5) is 1.46. The van der Waals surface area contributed by atoms with Crippen LogP contribution in [0.3, 0.4) is 0 Å². The Labute approximate surface area is 133 Å². The normalized spacial score (nSPS) is 15.3. The first-order valence-electron chi connectivity index (χ1n) is 5.94. The molecule has 1 aromatic carbocycles. The maximum atomic E-state index is 5.63. The van der Waals surface area contributed by atoms with Crippen LogP contribution in [-0.4, -0.2) is 13.2 Å². The van der Waals surface area contributed by atoms with Crippen molar-refractivity contribution in [3.63, 3.8) is 0 Å². The van der Waals surface area contributed by atoms with Gasteiger partial charge in [0.2, 0.25) is 0 Å². The predicted octanol–water partition coefficient (Wildman–Crippen LogP) is 5.07. The summed E-state index contributed by atoms with van der Waals surface area (Å²) in [5.41, 5.74) is 2.44. The highest BCUT2D eigenvalue weighted by molar-refractivity contribution is 9.11. The molecule has 0 saturated carbocycles. The van der Waals surface area contributed by atoms with Gasteiger partial charge in [0.05, 0.1) is 8.61 Å². The lowest BCUT2D eigenvalue weighted by Crippen LogP contribution is -2.15. The molecule has 0 aliphatic carbocycles. The van der Waals surface area contributed by atoms with Crippen LogP contribution in [-0.2, 0) is 0 Å². The van der Waals surface area contributed by atoms with E-state index < -0.39 is 0 Å². The van der Waals surface area contributed by atoms with Gasteiger partial charge >= 0.3 is 0 Å². The molecule has 0 bridgehead atoms. The van der Waals surface area contributed by atoms with E-state index in [0.29, 0.717) is 13.2 Å². The molecule has 3 rings (SSSR count). The Balaban J connectivity index is 1.93. The summed E-state index contributed by atoms with van der Waals surface area (Å²) in [6, 6.07) is 8.31. The summed E-state index contributed by atoms with van der Waals surface area (Å²) in [5, 5.41) is 0. The van der Waals surface area contributed by atoms with Crippen LogP contribution in [0.25, 0.3) is 0 Å². The number of aryl methyl sites for hydroxylation is 1. The highest BCUT2D eigenvalue weighted by Crippen LogP contribution is 2.41. The van der Waals surface area contributed by atoms with Crippen molar-refractivity contribution in [2.45, 2.75) is 11.8 Å². The number of hydrogen-bond acceptors (Lipinski definition) is 3. The fourth-order valence-electron chi connectivity index (χ4n) is 1.99. The monoisotopic (exact) mass is 402 g/mol. The van der Waals surface area contributed by atoms with E-state index in [4.69, 9.17) is 9.47 Å². The number of rotatable bonds is 2. The van der Waals surface area contributed by atoms with Crippen molar-refractivity contribution < 1.29 is 9.47 Å². The molecule has 0 spiro atoms. The molecule has 100 valence electrons. The van der Waals surface area contributed by atoms with Gasteiger partial charge in [-0.25, -0.2) is 0 Å². The molecule has 1 aliphatic heterocycles. The molecule has 1 atom stereocenters. The van der Waals surface area contributed by atoms with Crippen molar-refractivity contribution in [3.05, 3.63) is 44.1 Å². The van der Waals surface area contributed by atoms with E-state index in [1.54, 1.807) is 11.3 Å². The average molecular weight is 404 g/mol. The first-order valence-corrected chi connectivity index (χ1v) is 8.47. The summed E-state index contributed by atoms with van der Waals surface area (Å²) >= 11 is 9.09. The molecule has 2 aromatic rings. The van der Waals surface area contributed by atoms with Gasteiger partial charge < -0.3 is 9.47 Å². The van der Waals surface area contributed by atoms with Crippen LogP contribution < -0.4 is 9.47 Å². The number of halogens is 2. The van der Waals surface area contributed by atoms with Gasteiger partial charge in [0.15, 0.2) is 11.5 Å². The average Bonchev–Trinajstić information content (AvgIpc) is 2.77. The van der Waals surface area contributed by atoms with E-state index in [1.807, 2.05) is 6.07 Å². The zero-order valence-electron chi connectivity index (χ0n) is 10.3. The molecule has 0 fully saturated rings. The zero-order valence-corrected chi connectivity index (χ0v) is 14.3. The molecule has 5 heteroatoms. The van der Waals surface area contributed by atoms with E-state index in [1.165, 1.54) is 19.8 Å². The molecule has 1 aliphatic rings. The molecule has 0 amide bonds. The molecule has 1 aromatic heterocycles. The number of fused-ring (bicyclic) bond motifs is 1. The van der Waals surface area contributed by atoms with E-state index in [9.17, 15) is 0 Å². The number of alkyl halides is 1. The summed E-state index contributed by atoms with van der Waals surface area (Å²) in [6.07, 6.45) is 0. The van der Waals surface area contributed by atoms with Gasteiger partial charge in [-0.3, -0.25) is 0 Å². The molecule has 0 radical (unpaired) electrons. The molecule has 19 heavy (non-hydrogen) atoms. The Morgan fingerprint density at radius 1 is 1.16 bits per heavy atom. The summed E-state index contributed by atoms with van der Waals surface area (Å²) in [6.45, 7) is 3.35. The van der Waals surface area contributed by atoms with Gasteiger partial charge in [-0.15, -0.1) is 11.3 Å². The van der Waals surface area contributed by atoms with Crippen LogP contribution in [0.4, 0.5) is 0 Å². The molecule has 2 heterocycles. The maximum Gasteiger partial charge on any atom is 0.161 e. The Morgan fingerprint density at radius 2 is 1.89 bits per heavy atom. The first-order chi connectivity index (χ1) is 9.15. The van der Waals surface area contributed by atoms with E-state index in [0.717, 1.165) is 11.5 Å². The summed E-state index contributed by atoms with van der Waals surface area (Å²) in [7, 11) is 0. The van der Waals surface area contributed by atoms with Crippen LogP contribution in [0, 0.1) is 6.92 Å². The quantitative estimate of drug-likeness (QED) is 0.651. The fraction of sp³-hybridized carbons (Fsp3) is 0.286. The first kappa shape index (κ1) is 13.5. The second-order valence-electron chi connectivity index (χ2n) is 4.37. The Kier molecular flexibility index (Phi) is 3.87. The van der Waals surface area contributed by atoms with Crippen LogP contribution >= 0.6 is 43.2 Å². The van der Waals surface area contributed by atoms with Gasteiger partial charge in [0.25, 0.3) is 0 Å². The molecule has 0 N–H and O–H groups in total. The second-order valence-corrected chi connectivity index (χ2v) is 7.69. The predicted molar refractivity (Wildman–Crippen MR) is 85.0 cm³/mol. The van der Waals surface area contributed by atoms with Crippen LogP contribution in [0.1, 0.15) is 20.8 Å². The van der Waals surface area contributed by atoms with E-state index in [2.05, 4.69) is 57.0 Å². The van der Waals surface area contributed by atoms with Gasteiger partial charge in [-0.05, 0) is 52.2 Å². The third-order valence-electron chi connectivity index (χ3n) is 2.98. The topological polar surface area (TPSA) is 18.5 Å². The number of ether oxygens (including phenoxy) is 2. The standard InChI is InChI=1S/C14H12Br2O2S/c1-8-6-12(19-14(8)16)13(15)9-2-3-10-11(7-9)18-5-4-17-10/h2-3,6-7,13H,4-5H2,1H3. The van der Waals surface area contributed by atoms with Crippen molar-refractivity contribution in [1.82, 2.24) is 0 Å².